The molecule has 0 N–H and O–H groups in total. The molecule has 1 amide bonds. The number of ether oxygens (including phenoxy) is 2. The van der Waals surface area contributed by atoms with Gasteiger partial charge in [0.25, 0.3) is 5.91 Å². The highest BCUT2D eigenvalue weighted by molar-refractivity contribution is 7.22. The van der Waals surface area contributed by atoms with Crippen LogP contribution in [0, 0.1) is 13.8 Å². The van der Waals surface area contributed by atoms with Crippen LogP contribution >= 0.6 is 23.7 Å². The van der Waals surface area contributed by atoms with Crippen LogP contribution in [-0.2, 0) is 0 Å². The number of benzene rings is 2. The van der Waals surface area contributed by atoms with Crippen molar-refractivity contribution in [3.05, 3.63) is 47.0 Å². The van der Waals surface area contributed by atoms with Gasteiger partial charge in [-0.1, -0.05) is 17.4 Å². The highest BCUT2D eigenvalue weighted by Crippen LogP contribution is 2.34. The van der Waals surface area contributed by atoms with E-state index in [0.29, 0.717) is 36.8 Å². The highest BCUT2D eigenvalue weighted by Gasteiger charge is 2.23. The number of hydrogen-bond donors (Lipinski definition) is 0. The first kappa shape index (κ1) is 26.9. The summed E-state index contributed by atoms with van der Waals surface area (Å²) < 4.78 is 12.5. The van der Waals surface area contributed by atoms with E-state index in [1.165, 1.54) is 11.1 Å². The highest BCUT2D eigenvalue weighted by atomic mass is 35.5. The van der Waals surface area contributed by atoms with Crippen molar-refractivity contribution in [2.45, 2.75) is 34.1 Å². The number of amides is 1. The molecule has 0 saturated heterocycles. The summed E-state index contributed by atoms with van der Waals surface area (Å²) in [7, 11) is 4.08. The number of nitrogens with zero attached hydrogens (tertiary/aromatic N) is 3. The second kappa shape index (κ2) is 12.2. The molecule has 0 unspecified atom stereocenters. The Morgan fingerprint density at radius 1 is 1.00 bits per heavy atom. The fourth-order valence-corrected chi connectivity index (χ4v) is 4.69. The van der Waals surface area contributed by atoms with E-state index in [0.717, 1.165) is 28.3 Å². The zero-order chi connectivity index (χ0) is 23.3. The maximum atomic E-state index is 13.7. The zero-order valence-corrected chi connectivity index (χ0v) is 21.9. The second-order valence-corrected chi connectivity index (χ2v) is 9.05. The van der Waals surface area contributed by atoms with Gasteiger partial charge in [-0.25, -0.2) is 4.98 Å². The molecule has 8 heteroatoms. The molecule has 0 aliphatic carbocycles. The first-order chi connectivity index (χ1) is 15.3. The average Bonchev–Trinajstić information content (AvgIpc) is 3.16. The van der Waals surface area contributed by atoms with Gasteiger partial charge in [0, 0.05) is 12.1 Å². The third-order valence-corrected chi connectivity index (χ3v) is 6.29. The van der Waals surface area contributed by atoms with Crippen LogP contribution in [0.5, 0.6) is 11.5 Å². The Balaban J connectivity index is 0.00000385. The largest absolute Gasteiger partial charge is 0.490 e. The van der Waals surface area contributed by atoms with Gasteiger partial charge >= 0.3 is 0 Å². The molecule has 1 aromatic heterocycles. The van der Waals surface area contributed by atoms with Crippen molar-refractivity contribution in [2.24, 2.45) is 0 Å². The fraction of sp³-hybridized carbons (Fsp3) is 0.440. The lowest BCUT2D eigenvalue weighted by molar-refractivity contribution is 0.0985. The first-order valence-corrected chi connectivity index (χ1v) is 11.9. The molecule has 0 aliphatic heterocycles. The summed E-state index contributed by atoms with van der Waals surface area (Å²) in [6.07, 6.45) is 0.849. The summed E-state index contributed by atoms with van der Waals surface area (Å²) >= 11 is 1.57. The van der Waals surface area contributed by atoms with Crippen LogP contribution in [0.15, 0.2) is 30.3 Å². The molecule has 0 fully saturated rings. The van der Waals surface area contributed by atoms with Gasteiger partial charge in [-0.3, -0.25) is 9.69 Å². The van der Waals surface area contributed by atoms with Gasteiger partial charge in [-0.2, -0.15) is 0 Å². The number of anilines is 1. The van der Waals surface area contributed by atoms with Crippen molar-refractivity contribution in [2.75, 3.05) is 45.3 Å². The third-order valence-electron chi connectivity index (χ3n) is 5.06. The molecule has 3 rings (SSSR count). The first-order valence-electron chi connectivity index (χ1n) is 11.1. The van der Waals surface area contributed by atoms with E-state index in [1.54, 1.807) is 28.4 Å². The number of halogens is 1. The van der Waals surface area contributed by atoms with E-state index in [1.807, 2.05) is 34.0 Å². The summed E-state index contributed by atoms with van der Waals surface area (Å²) in [5.41, 5.74) is 3.86. The second-order valence-electron chi connectivity index (χ2n) is 8.07. The summed E-state index contributed by atoms with van der Waals surface area (Å²) in [5.74, 6) is 1.15. The minimum Gasteiger partial charge on any atom is -0.490 e. The Bertz CT molecular complexity index is 1080. The Kier molecular flexibility index (Phi) is 9.95. The summed E-state index contributed by atoms with van der Waals surface area (Å²) in [4.78, 5) is 22.4. The van der Waals surface area contributed by atoms with Crippen molar-refractivity contribution in [3.63, 3.8) is 0 Å². The van der Waals surface area contributed by atoms with Gasteiger partial charge in [0.15, 0.2) is 16.6 Å². The summed E-state index contributed by atoms with van der Waals surface area (Å²) in [6, 6.07) is 9.62. The molecule has 3 aromatic rings. The number of thiazole rings is 1. The summed E-state index contributed by atoms with van der Waals surface area (Å²) in [5, 5.41) is 0.726. The van der Waals surface area contributed by atoms with Crippen LogP contribution < -0.4 is 14.4 Å². The Morgan fingerprint density at radius 2 is 1.70 bits per heavy atom. The SMILES string of the molecule is CCOc1ccc(C(=O)N(CCCN(C)C)c2nc3cc(C)cc(C)c3s2)cc1OCC.Cl. The standard InChI is InChI=1S/C25H33N3O3S.ClH/c1-7-30-21-11-10-19(16-22(21)31-8-2)24(29)28(13-9-12-27(5)6)25-26-20-15-17(3)14-18(4)23(20)32-25;/h10-11,14-16H,7-9,12-13H2,1-6H3;1H. The predicted molar refractivity (Wildman–Crippen MR) is 140 cm³/mol. The van der Waals surface area contributed by atoms with Crippen LogP contribution in [0.25, 0.3) is 10.2 Å². The normalized spacial score (nSPS) is 10.9. The van der Waals surface area contributed by atoms with E-state index in [4.69, 9.17) is 14.5 Å². The molecule has 0 saturated carbocycles. The fourth-order valence-electron chi connectivity index (χ4n) is 3.65. The van der Waals surface area contributed by atoms with Gasteiger partial charge in [0.05, 0.1) is 23.4 Å². The van der Waals surface area contributed by atoms with Crippen molar-refractivity contribution < 1.29 is 14.3 Å². The molecule has 0 aliphatic rings. The quantitative estimate of drug-likeness (QED) is 0.362. The van der Waals surface area contributed by atoms with Gasteiger partial charge < -0.3 is 14.4 Å². The Hall–Kier alpha value is -2.35. The van der Waals surface area contributed by atoms with Crippen molar-refractivity contribution in [3.8, 4) is 11.5 Å². The lowest BCUT2D eigenvalue weighted by Gasteiger charge is -2.21. The van der Waals surface area contributed by atoms with E-state index in [9.17, 15) is 4.79 Å². The number of rotatable bonds is 10. The lowest BCUT2D eigenvalue weighted by atomic mass is 10.1. The molecule has 33 heavy (non-hydrogen) atoms. The monoisotopic (exact) mass is 491 g/mol. The van der Waals surface area contributed by atoms with Gasteiger partial charge in [0.2, 0.25) is 0 Å². The van der Waals surface area contributed by atoms with Crippen molar-refractivity contribution >= 4 is 45.0 Å². The van der Waals surface area contributed by atoms with E-state index in [2.05, 4.69) is 30.9 Å². The molecule has 0 radical (unpaired) electrons. The van der Waals surface area contributed by atoms with Crippen LogP contribution in [-0.4, -0.2) is 56.2 Å². The average molecular weight is 492 g/mol. The van der Waals surface area contributed by atoms with E-state index < -0.39 is 0 Å². The van der Waals surface area contributed by atoms with Crippen molar-refractivity contribution in [1.82, 2.24) is 9.88 Å². The topological polar surface area (TPSA) is 54.9 Å². The van der Waals surface area contributed by atoms with Gasteiger partial charge in [-0.15, -0.1) is 12.4 Å². The van der Waals surface area contributed by atoms with Crippen LogP contribution in [0.4, 0.5) is 5.13 Å². The lowest BCUT2D eigenvalue weighted by Crippen LogP contribution is -2.33. The van der Waals surface area contributed by atoms with Crippen LogP contribution in [0.3, 0.4) is 0 Å². The molecular formula is C25H34ClN3O3S. The maximum Gasteiger partial charge on any atom is 0.260 e. The molecule has 0 bridgehead atoms. The minimum atomic E-state index is -0.0822. The molecule has 180 valence electrons. The van der Waals surface area contributed by atoms with E-state index >= 15 is 0 Å². The molecule has 0 atom stereocenters. The van der Waals surface area contributed by atoms with Crippen molar-refractivity contribution in [1.29, 1.82) is 0 Å². The molecule has 1 heterocycles. The third kappa shape index (κ3) is 6.59. The smallest absolute Gasteiger partial charge is 0.260 e. The number of carbonyl (C=O) groups excluding carboxylic acids is 1. The van der Waals surface area contributed by atoms with Gasteiger partial charge in [0.1, 0.15) is 0 Å². The Morgan fingerprint density at radius 3 is 2.36 bits per heavy atom. The minimum absolute atomic E-state index is 0. The number of aromatic nitrogens is 1. The number of fused-ring (bicyclic) bond motifs is 1. The summed E-state index contributed by atoms with van der Waals surface area (Å²) in [6.45, 7) is 10.5. The predicted octanol–water partition coefficient (Wildman–Crippen LogP) is 5.73. The number of hydrogen-bond acceptors (Lipinski definition) is 6. The van der Waals surface area contributed by atoms with Crippen LogP contribution in [0.2, 0.25) is 0 Å². The maximum absolute atomic E-state index is 13.7. The molecule has 2 aromatic carbocycles. The Labute approximate surface area is 206 Å². The molecule has 6 nitrogen and oxygen atoms in total. The number of carbonyl (C=O) groups is 1. The van der Waals surface area contributed by atoms with Crippen LogP contribution in [0.1, 0.15) is 41.8 Å². The zero-order valence-electron chi connectivity index (χ0n) is 20.3. The molecular weight excluding hydrogens is 458 g/mol. The molecule has 0 spiro atoms. The van der Waals surface area contributed by atoms with Gasteiger partial charge in [-0.05, 0) is 90.1 Å². The van der Waals surface area contributed by atoms with E-state index in [-0.39, 0.29) is 18.3 Å². The number of aryl methyl sites for hydroxylation is 2.